The topological polar surface area (TPSA) is 46.1 Å². The fraction of sp³-hybridized carbons (Fsp3) is 0.650. The van der Waals surface area contributed by atoms with E-state index in [1.54, 1.807) is 7.11 Å². The van der Waals surface area contributed by atoms with Crippen molar-refractivity contribution in [2.24, 2.45) is 16.3 Å². The normalized spacial score (nSPS) is 27.4. The second-order valence-corrected chi connectivity index (χ2v) is 7.65. The van der Waals surface area contributed by atoms with E-state index in [1.807, 2.05) is 18.2 Å². The molecule has 0 amide bonds. The molecule has 3 unspecified atom stereocenters. The summed E-state index contributed by atoms with van der Waals surface area (Å²) < 4.78 is 11.4. The van der Waals surface area contributed by atoms with Crippen LogP contribution in [0.3, 0.4) is 0 Å². The molecule has 1 aromatic rings. The number of aliphatic imine (C=N–C) groups is 1. The number of methoxy groups -OCH3 is 1. The van der Waals surface area contributed by atoms with E-state index < -0.39 is 0 Å². The second kappa shape index (κ2) is 7.24. The summed E-state index contributed by atoms with van der Waals surface area (Å²) >= 11 is 0. The molecule has 1 aromatic carbocycles. The smallest absolute Gasteiger partial charge is 0.194 e. The Morgan fingerprint density at radius 3 is 2.88 bits per heavy atom. The van der Waals surface area contributed by atoms with Crippen molar-refractivity contribution in [3.8, 4) is 5.75 Å². The van der Waals surface area contributed by atoms with Gasteiger partial charge in [0, 0.05) is 49.7 Å². The Balaban J connectivity index is 1.72. The summed E-state index contributed by atoms with van der Waals surface area (Å²) in [5.41, 5.74) is 1.30. The summed E-state index contributed by atoms with van der Waals surface area (Å²) in [4.78, 5) is 6.91. The highest BCUT2D eigenvalue weighted by atomic mass is 16.5. The number of nitrogens with zero attached hydrogens (tertiary/aromatic N) is 2. The van der Waals surface area contributed by atoms with Crippen molar-refractivity contribution in [1.29, 1.82) is 0 Å². The van der Waals surface area contributed by atoms with E-state index in [9.17, 15) is 0 Å². The molecule has 0 spiro atoms. The molecule has 0 aromatic heterocycles. The van der Waals surface area contributed by atoms with Crippen LogP contribution >= 0.6 is 0 Å². The molecular weight excluding hydrogens is 314 g/mol. The van der Waals surface area contributed by atoms with Gasteiger partial charge in [-0.1, -0.05) is 32.0 Å². The third-order valence-electron chi connectivity index (χ3n) is 5.65. The summed E-state index contributed by atoms with van der Waals surface area (Å²) in [5.74, 6) is 2.46. The molecule has 2 aliphatic rings. The fourth-order valence-corrected chi connectivity index (χ4v) is 4.35. The quantitative estimate of drug-likeness (QED) is 0.658. The number of para-hydroxylation sites is 1. The molecule has 5 nitrogen and oxygen atoms in total. The first-order valence-electron chi connectivity index (χ1n) is 9.24. The molecule has 3 atom stereocenters. The van der Waals surface area contributed by atoms with Crippen LogP contribution in [0.25, 0.3) is 0 Å². The maximum Gasteiger partial charge on any atom is 0.194 e. The highest BCUT2D eigenvalue weighted by molar-refractivity contribution is 5.80. The zero-order valence-electron chi connectivity index (χ0n) is 16.1. The Labute approximate surface area is 151 Å². The van der Waals surface area contributed by atoms with E-state index in [0.29, 0.717) is 18.1 Å². The monoisotopic (exact) mass is 345 g/mol. The highest BCUT2D eigenvalue weighted by Gasteiger charge is 2.59. The molecule has 1 saturated heterocycles. The SMILES string of the molecule is CCN=C(NC1C2CCOC2C1(C)C)N(C)Cc1ccccc1OC. The molecule has 1 heterocycles. The van der Waals surface area contributed by atoms with Gasteiger partial charge in [0.05, 0.1) is 13.2 Å². The Kier molecular flexibility index (Phi) is 5.23. The first-order chi connectivity index (χ1) is 12.0. The first kappa shape index (κ1) is 18.1. The molecular formula is C20H31N3O2. The molecule has 5 heteroatoms. The predicted octanol–water partition coefficient (Wildman–Crippen LogP) is 2.91. The van der Waals surface area contributed by atoms with Crippen molar-refractivity contribution in [3.63, 3.8) is 0 Å². The van der Waals surface area contributed by atoms with Gasteiger partial charge in [0.15, 0.2) is 5.96 Å². The van der Waals surface area contributed by atoms with Gasteiger partial charge in [-0.3, -0.25) is 4.99 Å². The minimum atomic E-state index is 0.140. The van der Waals surface area contributed by atoms with Crippen molar-refractivity contribution in [1.82, 2.24) is 10.2 Å². The van der Waals surface area contributed by atoms with Gasteiger partial charge >= 0.3 is 0 Å². The maximum atomic E-state index is 5.92. The minimum absolute atomic E-state index is 0.140. The van der Waals surface area contributed by atoms with Gasteiger partial charge in [0.1, 0.15) is 5.75 Å². The Hall–Kier alpha value is -1.75. The van der Waals surface area contributed by atoms with Crippen molar-refractivity contribution >= 4 is 5.96 Å². The standard InChI is InChI=1S/C20H31N3O2/c1-6-21-19(22-17-15-11-12-25-18(15)20(17,2)3)23(4)13-14-9-7-8-10-16(14)24-5/h7-10,15,17-18H,6,11-13H2,1-5H3,(H,21,22). The number of guanidine groups is 1. The van der Waals surface area contributed by atoms with Gasteiger partial charge in [0.25, 0.3) is 0 Å². The van der Waals surface area contributed by atoms with Crippen LogP contribution in [0.4, 0.5) is 0 Å². The molecule has 25 heavy (non-hydrogen) atoms. The lowest BCUT2D eigenvalue weighted by atomic mass is 9.57. The van der Waals surface area contributed by atoms with E-state index in [0.717, 1.165) is 43.4 Å². The van der Waals surface area contributed by atoms with E-state index in [2.05, 4.69) is 44.1 Å². The van der Waals surface area contributed by atoms with Crippen molar-refractivity contribution in [2.75, 3.05) is 27.3 Å². The summed E-state index contributed by atoms with van der Waals surface area (Å²) in [5, 5.41) is 3.73. The molecule has 1 saturated carbocycles. The Morgan fingerprint density at radius 1 is 1.40 bits per heavy atom. The van der Waals surface area contributed by atoms with Crippen molar-refractivity contribution in [2.45, 2.75) is 45.9 Å². The number of fused-ring (bicyclic) bond motifs is 1. The minimum Gasteiger partial charge on any atom is -0.496 e. The van der Waals surface area contributed by atoms with Crippen molar-refractivity contribution < 1.29 is 9.47 Å². The van der Waals surface area contributed by atoms with Crippen LogP contribution in [0.1, 0.15) is 32.8 Å². The number of nitrogens with one attached hydrogen (secondary N) is 1. The molecule has 3 rings (SSSR count). The van der Waals surface area contributed by atoms with Crippen molar-refractivity contribution in [3.05, 3.63) is 29.8 Å². The molecule has 1 aliphatic carbocycles. The van der Waals surface area contributed by atoms with Gasteiger partial charge in [0.2, 0.25) is 0 Å². The predicted molar refractivity (Wildman–Crippen MR) is 101 cm³/mol. The third kappa shape index (κ3) is 3.34. The second-order valence-electron chi connectivity index (χ2n) is 7.65. The number of hydrogen-bond donors (Lipinski definition) is 1. The van der Waals surface area contributed by atoms with Crippen LogP contribution in [-0.2, 0) is 11.3 Å². The zero-order valence-corrected chi connectivity index (χ0v) is 16.1. The van der Waals surface area contributed by atoms with Gasteiger partial charge in [-0.25, -0.2) is 0 Å². The number of rotatable bonds is 5. The third-order valence-corrected chi connectivity index (χ3v) is 5.65. The summed E-state index contributed by atoms with van der Waals surface area (Å²) in [6.07, 6.45) is 1.52. The molecule has 2 fully saturated rings. The summed E-state index contributed by atoms with van der Waals surface area (Å²) in [7, 11) is 3.80. The van der Waals surface area contributed by atoms with E-state index in [1.165, 1.54) is 0 Å². The van der Waals surface area contributed by atoms with Crippen LogP contribution < -0.4 is 10.1 Å². The van der Waals surface area contributed by atoms with Crippen LogP contribution in [0.2, 0.25) is 0 Å². The van der Waals surface area contributed by atoms with Gasteiger partial charge in [-0.15, -0.1) is 0 Å². The Morgan fingerprint density at radius 2 is 2.16 bits per heavy atom. The first-order valence-corrected chi connectivity index (χ1v) is 9.24. The van der Waals surface area contributed by atoms with Gasteiger partial charge in [-0.2, -0.15) is 0 Å². The highest BCUT2D eigenvalue weighted by Crippen LogP contribution is 2.52. The number of hydrogen-bond acceptors (Lipinski definition) is 3. The van der Waals surface area contributed by atoms with Crippen LogP contribution in [0.5, 0.6) is 5.75 Å². The molecule has 0 radical (unpaired) electrons. The van der Waals surface area contributed by atoms with Gasteiger partial charge in [-0.05, 0) is 19.4 Å². The van der Waals surface area contributed by atoms with Crippen LogP contribution in [0, 0.1) is 11.3 Å². The summed E-state index contributed by atoms with van der Waals surface area (Å²) in [6.45, 7) is 9.06. The zero-order chi connectivity index (χ0) is 18.0. The lowest BCUT2D eigenvalue weighted by molar-refractivity contribution is -0.107. The Bertz CT molecular complexity index is 629. The lowest BCUT2D eigenvalue weighted by Crippen LogP contribution is -2.67. The molecule has 1 N–H and O–H groups in total. The number of ether oxygens (including phenoxy) is 2. The van der Waals surface area contributed by atoms with E-state index >= 15 is 0 Å². The largest absolute Gasteiger partial charge is 0.496 e. The molecule has 1 aliphatic heterocycles. The molecule has 138 valence electrons. The molecule has 0 bridgehead atoms. The van der Waals surface area contributed by atoms with Gasteiger partial charge < -0.3 is 19.7 Å². The fourth-order valence-electron chi connectivity index (χ4n) is 4.35. The van der Waals surface area contributed by atoms with Crippen LogP contribution in [-0.4, -0.2) is 50.3 Å². The van der Waals surface area contributed by atoms with E-state index in [4.69, 9.17) is 14.5 Å². The lowest BCUT2D eigenvalue weighted by Gasteiger charge is -2.55. The maximum absolute atomic E-state index is 5.92. The average molecular weight is 345 g/mol. The summed E-state index contributed by atoms with van der Waals surface area (Å²) in [6, 6.07) is 8.56. The van der Waals surface area contributed by atoms with E-state index in [-0.39, 0.29) is 5.41 Å². The number of benzene rings is 1. The van der Waals surface area contributed by atoms with Crippen LogP contribution in [0.15, 0.2) is 29.3 Å². The average Bonchev–Trinajstić information content (AvgIpc) is 3.06.